The summed E-state index contributed by atoms with van der Waals surface area (Å²) in [6.45, 7) is 2.96. The number of Topliss-reactive ketones (excluding diaryl/α,β-unsaturated/α-hetero) is 2. The largest absolute Gasteiger partial charge is 0.388 e. The molecule has 0 aliphatic heterocycles. The Kier molecular flexibility index (Phi) is 6.01. The number of ether oxygens (including phenoxy) is 1. The van der Waals surface area contributed by atoms with E-state index < -0.39 is 11.7 Å². The number of aliphatic hydroxyl groups is 1. The summed E-state index contributed by atoms with van der Waals surface area (Å²) >= 11 is 0. The van der Waals surface area contributed by atoms with Crippen molar-refractivity contribution < 1.29 is 19.4 Å². The summed E-state index contributed by atoms with van der Waals surface area (Å²) in [5.74, 6) is -0.313. The number of rotatable bonds is 8. The Morgan fingerprint density at radius 3 is 1.83 bits per heavy atom. The number of carbonyl (C=O) groups is 2. The van der Waals surface area contributed by atoms with Gasteiger partial charge in [0.15, 0.2) is 11.6 Å². The fraction of sp³-hybridized carbons (Fsp3) is 0.300. The lowest BCUT2D eigenvalue weighted by Gasteiger charge is -2.28. The monoisotopic (exact) mass is 326 g/mol. The highest BCUT2D eigenvalue weighted by molar-refractivity contribution is 5.97. The van der Waals surface area contributed by atoms with Crippen molar-refractivity contribution in [3.63, 3.8) is 0 Å². The van der Waals surface area contributed by atoms with E-state index >= 15 is 0 Å². The van der Waals surface area contributed by atoms with Gasteiger partial charge in [0, 0.05) is 17.5 Å². The van der Waals surface area contributed by atoms with Crippen LogP contribution in [0.2, 0.25) is 0 Å². The number of hydrogen-bond acceptors (Lipinski definition) is 4. The average Bonchev–Trinajstić information content (AvgIpc) is 2.58. The minimum absolute atomic E-state index is 0.00951. The quantitative estimate of drug-likeness (QED) is 0.756. The predicted molar refractivity (Wildman–Crippen MR) is 92.2 cm³/mol. The van der Waals surface area contributed by atoms with E-state index in [2.05, 4.69) is 0 Å². The van der Waals surface area contributed by atoms with Gasteiger partial charge in [0.05, 0.1) is 11.7 Å². The maximum atomic E-state index is 12.3. The molecular formula is C20H22O4. The summed E-state index contributed by atoms with van der Waals surface area (Å²) in [4.78, 5) is 24.5. The van der Waals surface area contributed by atoms with Crippen LogP contribution in [0.15, 0.2) is 60.7 Å². The second-order valence-electron chi connectivity index (χ2n) is 6.24. The molecule has 2 aromatic carbocycles. The SMILES string of the molecule is CC(C)(O)C(CC(=O)c1ccccc1)OCC(=O)c1ccccc1. The van der Waals surface area contributed by atoms with E-state index in [-0.39, 0.29) is 24.6 Å². The van der Waals surface area contributed by atoms with Gasteiger partial charge in [-0.1, -0.05) is 60.7 Å². The molecule has 1 atom stereocenters. The summed E-state index contributed by atoms with van der Waals surface area (Å²) in [6, 6.07) is 17.6. The second kappa shape index (κ2) is 7.99. The Morgan fingerprint density at radius 1 is 0.917 bits per heavy atom. The van der Waals surface area contributed by atoms with E-state index in [9.17, 15) is 14.7 Å². The first-order chi connectivity index (χ1) is 11.4. The third-order valence-electron chi connectivity index (χ3n) is 3.77. The molecule has 1 N–H and O–H groups in total. The molecule has 126 valence electrons. The zero-order chi connectivity index (χ0) is 17.6. The van der Waals surface area contributed by atoms with E-state index in [4.69, 9.17) is 4.74 Å². The first-order valence-electron chi connectivity index (χ1n) is 7.88. The van der Waals surface area contributed by atoms with Crippen molar-refractivity contribution in [3.05, 3.63) is 71.8 Å². The molecule has 0 aliphatic carbocycles. The molecule has 0 aromatic heterocycles. The zero-order valence-electron chi connectivity index (χ0n) is 13.9. The van der Waals surface area contributed by atoms with E-state index in [0.717, 1.165) is 0 Å². The smallest absolute Gasteiger partial charge is 0.188 e. The standard InChI is InChI=1S/C20H22O4/c1-20(2,23)19(13-17(21)15-9-5-3-6-10-15)24-14-18(22)16-11-7-4-8-12-16/h3-12,19,23H,13-14H2,1-2H3. The molecule has 0 saturated heterocycles. The Morgan fingerprint density at radius 2 is 1.38 bits per heavy atom. The third-order valence-corrected chi connectivity index (χ3v) is 3.77. The van der Waals surface area contributed by atoms with Crippen LogP contribution in [-0.4, -0.2) is 35.0 Å². The van der Waals surface area contributed by atoms with Crippen molar-refractivity contribution in [1.29, 1.82) is 0 Å². The molecule has 24 heavy (non-hydrogen) atoms. The van der Waals surface area contributed by atoms with Gasteiger partial charge in [-0.15, -0.1) is 0 Å². The van der Waals surface area contributed by atoms with E-state index in [1.807, 2.05) is 12.1 Å². The fourth-order valence-corrected chi connectivity index (χ4v) is 2.31. The van der Waals surface area contributed by atoms with Gasteiger partial charge in [0.2, 0.25) is 0 Å². The topological polar surface area (TPSA) is 63.6 Å². The maximum Gasteiger partial charge on any atom is 0.188 e. The molecule has 0 radical (unpaired) electrons. The molecule has 2 aromatic rings. The summed E-state index contributed by atoms with van der Waals surface area (Å²) in [5.41, 5.74) is -0.132. The van der Waals surface area contributed by atoms with E-state index in [0.29, 0.717) is 11.1 Å². The van der Waals surface area contributed by atoms with Crippen LogP contribution < -0.4 is 0 Å². The van der Waals surface area contributed by atoms with Gasteiger partial charge in [-0.2, -0.15) is 0 Å². The van der Waals surface area contributed by atoms with Gasteiger partial charge < -0.3 is 9.84 Å². The first kappa shape index (κ1) is 18.0. The Balaban J connectivity index is 2.01. The van der Waals surface area contributed by atoms with Crippen LogP contribution in [0.5, 0.6) is 0 Å². The Labute approximate surface area is 142 Å². The van der Waals surface area contributed by atoms with E-state index in [1.54, 1.807) is 62.4 Å². The second-order valence-corrected chi connectivity index (χ2v) is 6.24. The third kappa shape index (κ3) is 5.11. The highest BCUT2D eigenvalue weighted by atomic mass is 16.5. The molecule has 1 unspecified atom stereocenters. The first-order valence-corrected chi connectivity index (χ1v) is 7.88. The number of carbonyl (C=O) groups excluding carboxylic acids is 2. The van der Waals surface area contributed by atoms with Crippen molar-refractivity contribution >= 4 is 11.6 Å². The van der Waals surface area contributed by atoms with Gasteiger partial charge >= 0.3 is 0 Å². The summed E-state index contributed by atoms with van der Waals surface area (Å²) < 4.78 is 5.59. The molecular weight excluding hydrogens is 304 g/mol. The Hall–Kier alpha value is -2.30. The van der Waals surface area contributed by atoms with E-state index in [1.165, 1.54) is 0 Å². The fourth-order valence-electron chi connectivity index (χ4n) is 2.31. The van der Waals surface area contributed by atoms with Crippen molar-refractivity contribution in [2.45, 2.75) is 32.0 Å². The molecule has 4 nitrogen and oxygen atoms in total. The molecule has 0 heterocycles. The van der Waals surface area contributed by atoms with Crippen LogP contribution in [-0.2, 0) is 4.74 Å². The van der Waals surface area contributed by atoms with Crippen molar-refractivity contribution in [2.24, 2.45) is 0 Å². The average molecular weight is 326 g/mol. The lowest BCUT2D eigenvalue weighted by molar-refractivity contribution is -0.0806. The summed E-state index contributed by atoms with van der Waals surface area (Å²) in [6.07, 6.45) is -0.756. The van der Waals surface area contributed by atoms with Gasteiger partial charge in [0.1, 0.15) is 6.61 Å². The molecule has 0 fully saturated rings. The van der Waals surface area contributed by atoms with Gasteiger partial charge in [-0.25, -0.2) is 0 Å². The molecule has 0 amide bonds. The van der Waals surface area contributed by atoms with Crippen LogP contribution in [0.1, 0.15) is 41.0 Å². The van der Waals surface area contributed by atoms with Crippen molar-refractivity contribution in [2.75, 3.05) is 6.61 Å². The van der Waals surface area contributed by atoms with Gasteiger partial charge in [-0.05, 0) is 13.8 Å². The zero-order valence-corrected chi connectivity index (χ0v) is 13.9. The van der Waals surface area contributed by atoms with Gasteiger partial charge in [-0.3, -0.25) is 9.59 Å². The van der Waals surface area contributed by atoms with Crippen LogP contribution >= 0.6 is 0 Å². The predicted octanol–water partition coefficient (Wildman–Crippen LogP) is 3.30. The lowest BCUT2D eigenvalue weighted by atomic mass is 9.94. The highest BCUT2D eigenvalue weighted by Crippen LogP contribution is 2.19. The van der Waals surface area contributed by atoms with Crippen molar-refractivity contribution in [3.8, 4) is 0 Å². The normalized spacial score (nSPS) is 12.6. The van der Waals surface area contributed by atoms with Crippen LogP contribution in [0.25, 0.3) is 0 Å². The Bertz CT molecular complexity index is 672. The maximum absolute atomic E-state index is 12.3. The summed E-state index contributed by atoms with van der Waals surface area (Å²) in [7, 11) is 0. The molecule has 0 spiro atoms. The molecule has 2 rings (SSSR count). The molecule has 0 aliphatic rings. The summed E-state index contributed by atoms with van der Waals surface area (Å²) in [5, 5.41) is 10.3. The van der Waals surface area contributed by atoms with Crippen LogP contribution in [0, 0.1) is 0 Å². The van der Waals surface area contributed by atoms with Crippen LogP contribution in [0.4, 0.5) is 0 Å². The number of hydrogen-bond donors (Lipinski definition) is 1. The van der Waals surface area contributed by atoms with Gasteiger partial charge in [0.25, 0.3) is 0 Å². The minimum Gasteiger partial charge on any atom is -0.388 e. The van der Waals surface area contributed by atoms with Crippen LogP contribution in [0.3, 0.4) is 0 Å². The van der Waals surface area contributed by atoms with Crippen molar-refractivity contribution in [1.82, 2.24) is 0 Å². The molecule has 4 heteroatoms. The number of benzene rings is 2. The molecule has 0 saturated carbocycles. The highest BCUT2D eigenvalue weighted by Gasteiger charge is 2.31. The molecule has 0 bridgehead atoms. The lowest BCUT2D eigenvalue weighted by Crippen LogP contribution is -2.40. The minimum atomic E-state index is -1.23. The number of ketones is 2.